The molecule has 0 aliphatic rings. The summed E-state index contributed by atoms with van der Waals surface area (Å²) >= 11 is 6.09. The van der Waals surface area contributed by atoms with Crippen LogP contribution in [0.1, 0.15) is 28.3 Å². The Kier molecular flexibility index (Phi) is 5.08. The summed E-state index contributed by atoms with van der Waals surface area (Å²) in [5.41, 5.74) is 1.06. The zero-order valence-corrected chi connectivity index (χ0v) is 13.6. The van der Waals surface area contributed by atoms with Crippen LogP contribution in [0, 0.1) is 0 Å². The van der Waals surface area contributed by atoms with Crippen LogP contribution in [0.5, 0.6) is 0 Å². The number of imidazole rings is 1. The molecule has 9 heteroatoms. The normalized spacial score (nSPS) is 11.0. The average Bonchev–Trinajstić information content (AvgIpc) is 3.24. The molecule has 1 aromatic carbocycles. The van der Waals surface area contributed by atoms with Crippen molar-refractivity contribution in [2.24, 2.45) is 0 Å². The van der Waals surface area contributed by atoms with Crippen LogP contribution in [0.15, 0.2) is 49.1 Å². The fourth-order valence-corrected chi connectivity index (χ4v) is 2.40. The molecule has 0 radical (unpaired) electrons. The van der Waals surface area contributed by atoms with Gasteiger partial charge in [0.1, 0.15) is 6.61 Å². The Bertz CT molecular complexity index is 878. The van der Waals surface area contributed by atoms with Gasteiger partial charge in [0.2, 0.25) is 0 Å². The largest absolute Gasteiger partial charge is 0.454 e. The van der Waals surface area contributed by atoms with E-state index in [4.69, 9.17) is 16.3 Å². The minimum atomic E-state index is -2.74. The Morgan fingerprint density at radius 1 is 1.32 bits per heavy atom. The highest BCUT2D eigenvalue weighted by molar-refractivity contribution is 6.31. The van der Waals surface area contributed by atoms with Gasteiger partial charge in [0.05, 0.1) is 18.3 Å². The number of nitrogens with zero attached hydrogens (tertiary/aromatic N) is 4. The molecule has 0 saturated heterocycles. The monoisotopic (exact) mass is 366 g/mol. The second-order valence-corrected chi connectivity index (χ2v) is 5.53. The third kappa shape index (κ3) is 4.03. The highest BCUT2D eigenvalue weighted by atomic mass is 35.5. The Balaban J connectivity index is 1.63. The molecule has 25 heavy (non-hydrogen) atoms. The Labute approximate surface area is 146 Å². The quantitative estimate of drug-likeness (QED) is 0.626. The summed E-state index contributed by atoms with van der Waals surface area (Å²) in [6.07, 6.45) is 5.19. The zero-order chi connectivity index (χ0) is 17.8. The fourth-order valence-electron chi connectivity index (χ4n) is 2.20. The molecule has 0 N–H and O–H groups in total. The number of alkyl halides is 2. The van der Waals surface area contributed by atoms with Crippen molar-refractivity contribution in [1.82, 2.24) is 19.3 Å². The van der Waals surface area contributed by atoms with Gasteiger partial charge in [-0.2, -0.15) is 13.9 Å². The lowest BCUT2D eigenvalue weighted by Crippen LogP contribution is -2.10. The number of ether oxygens (including phenoxy) is 1. The molecule has 0 spiro atoms. The third-order valence-electron chi connectivity index (χ3n) is 3.45. The standard InChI is InChI=1S/C16H13ClF2N4O2/c17-13-4-2-1-3-11(13)8-22-9-12(7-21-22)15(24)25-10-14-20-5-6-23(14)16(18)19/h1-7,9,16H,8,10H2. The molecule has 3 rings (SSSR count). The minimum absolute atomic E-state index is 0.0354. The highest BCUT2D eigenvalue weighted by Gasteiger charge is 2.15. The molecular weight excluding hydrogens is 354 g/mol. The molecule has 0 fully saturated rings. The van der Waals surface area contributed by atoms with Gasteiger partial charge in [-0.3, -0.25) is 9.25 Å². The maximum absolute atomic E-state index is 12.7. The van der Waals surface area contributed by atoms with Crippen LogP contribution in [-0.2, 0) is 17.9 Å². The van der Waals surface area contributed by atoms with Gasteiger partial charge in [0.15, 0.2) is 5.82 Å². The number of benzene rings is 1. The van der Waals surface area contributed by atoms with E-state index in [-0.39, 0.29) is 18.0 Å². The number of esters is 1. The van der Waals surface area contributed by atoms with E-state index in [9.17, 15) is 13.6 Å². The van der Waals surface area contributed by atoms with Crippen molar-refractivity contribution in [3.63, 3.8) is 0 Å². The van der Waals surface area contributed by atoms with Gasteiger partial charge in [-0.05, 0) is 11.6 Å². The van der Waals surface area contributed by atoms with Crippen LogP contribution in [0.4, 0.5) is 8.78 Å². The molecule has 0 atom stereocenters. The van der Waals surface area contributed by atoms with Gasteiger partial charge in [-0.1, -0.05) is 29.8 Å². The molecule has 3 aromatic rings. The first-order valence-electron chi connectivity index (χ1n) is 7.27. The predicted molar refractivity (Wildman–Crippen MR) is 85.4 cm³/mol. The van der Waals surface area contributed by atoms with E-state index in [1.807, 2.05) is 18.2 Å². The van der Waals surface area contributed by atoms with E-state index in [0.29, 0.717) is 16.1 Å². The zero-order valence-electron chi connectivity index (χ0n) is 12.8. The lowest BCUT2D eigenvalue weighted by atomic mass is 10.2. The molecule has 0 aliphatic carbocycles. The van der Waals surface area contributed by atoms with E-state index >= 15 is 0 Å². The van der Waals surface area contributed by atoms with Gasteiger partial charge in [-0.15, -0.1) is 0 Å². The van der Waals surface area contributed by atoms with Crippen LogP contribution in [0.25, 0.3) is 0 Å². The van der Waals surface area contributed by atoms with E-state index < -0.39 is 12.5 Å². The van der Waals surface area contributed by atoms with Gasteiger partial charge < -0.3 is 4.74 Å². The van der Waals surface area contributed by atoms with Crippen LogP contribution in [0.2, 0.25) is 5.02 Å². The highest BCUT2D eigenvalue weighted by Crippen LogP contribution is 2.17. The maximum Gasteiger partial charge on any atom is 0.341 e. The number of aromatic nitrogens is 4. The van der Waals surface area contributed by atoms with E-state index in [1.165, 1.54) is 23.3 Å². The molecule has 130 valence electrons. The van der Waals surface area contributed by atoms with Gasteiger partial charge in [-0.25, -0.2) is 9.78 Å². The predicted octanol–water partition coefficient (Wildman–Crippen LogP) is 3.53. The first-order valence-corrected chi connectivity index (χ1v) is 7.65. The first-order chi connectivity index (χ1) is 12.0. The number of carbonyl (C=O) groups is 1. The number of hydrogen-bond donors (Lipinski definition) is 0. The summed E-state index contributed by atoms with van der Waals surface area (Å²) in [7, 11) is 0. The third-order valence-corrected chi connectivity index (χ3v) is 3.82. The first kappa shape index (κ1) is 17.1. The van der Waals surface area contributed by atoms with Crippen molar-refractivity contribution in [2.75, 3.05) is 0 Å². The molecular formula is C16H13ClF2N4O2. The summed E-state index contributed by atoms with van der Waals surface area (Å²) < 4.78 is 32.6. The van der Waals surface area contributed by atoms with E-state index in [1.54, 1.807) is 6.07 Å². The molecule has 0 amide bonds. The number of rotatable bonds is 6. The van der Waals surface area contributed by atoms with Crippen molar-refractivity contribution >= 4 is 17.6 Å². The molecule has 2 heterocycles. The van der Waals surface area contributed by atoms with Crippen LogP contribution in [-0.4, -0.2) is 25.3 Å². The van der Waals surface area contributed by atoms with Crippen molar-refractivity contribution in [3.8, 4) is 0 Å². The molecule has 0 unspecified atom stereocenters. The van der Waals surface area contributed by atoms with Crippen molar-refractivity contribution in [1.29, 1.82) is 0 Å². The smallest absolute Gasteiger partial charge is 0.341 e. The van der Waals surface area contributed by atoms with Crippen molar-refractivity contribution in [3.05, 3.63) is 71.0 Å². The number of carbonyl (C=O) groups excluding carboxylic acids is 1. The average molecular weight is 367 g/mol. The Morgan fingerprint density at radius 3 is 2.88 bits per heavy atom. The molecule has 0 saturated carbocycles. The summed E-state index contributed by atoms with van der Waals surface area (Å²) in [6.45, 7) is -2.70. The Hall–Kier alpha value is -2.74. The fraction of sp³-hybridized carbons (Fsp3) is 0.188. The van der Waals surface area contributed by atoms with Crippen molar-refractivity contribution < 1.29 is 18.3 Å². The van der Waals surface area contributed by atoms with Crippen LogP contribution < -0.4 is 0 Å². The van der Waals surface area contributed by atoms with E-state index in [2.05, 4.69) is 10.1 Å². The van der Waals surface area contributed by atoms with Gasteiger partial charge >= 0.3 is 12.5 Å². The number of hydrogen-bond acceptors (Lipinski definition) is 4. The molecule has 6 nitrogen and oxygen atoms in total. The summed E-state index contributed by atoms with van der Waals surface area (Å²) in [4.78, 5) is 15.8. The SMILES string of the molecule is O=C(OCc1nccn1C(F)F)c1cnn(Cc2ccccc2Cl)c1. The summed E-state index contributed by atoms with van der Waals surface area (Å²) in [6, 6.07) is 7.29. The minimum Gasteiger partial charge on any atom is -0.454 e. The second-order valence-electron chi connectivity index (χ2n) is 5.12. The van der Waals surface area contributed by atoms with Crippen LogP contribution >= 0.6 is 11.6 Å². The van der Waals surface area contributed by atoms with Crippen LogP contribution in [0.3, 0.4) is 0 Å². The molecule has 2 aromatic heterocycles. The van der Waals surface area contributed by atoms with Gasteiger partial charge in [0.25, 0.3) is 0 Å². The van der Waals surface area contributed by atoms with Gasteiger partial charge in [0, 0.05) is 23.6 Å². The van der Waals surface area contributed by atoms with Crippen molar-refractivity contribution in [2.45, 2.75) is 19.7 Å². The summed E-state index contributed by atoms with van der Waals surface area (Å²) in [5.74, 6) is -0.707. The number of halogens is 3. The summed E-state index contributed by atoms with van der Waals surface area (Å²) in [5, 5.41) is 4.68. The molecule has 0 bridgehead atoms. The topological polar surface area (TPSA) is 61.9 Å². The molecule has 0 aliphatic heterocycles. The maximum atomic E-state index is 12.7. The van der Waals surface area contributed by atoms with E-state index in [0.717, 1.165) is 11.8 Å². The second kappa shape index (κ2) is 7.43. The lowest BCUT2D eigenvalue weighted by Gasteiger charge is -2.06. The Morgan fingerprint density at radius 2 is 2.12 bits per heavy atom. The lowest BCUT2D eigenvalue weighted by molar-refractivity contribution is 0.0376.